The number of amides is 2. The fourth-order valence-electron chi connectivity index (χ4n) is 0.377. The molecule has 1 rings (SSSR count). The molecule has 4 nitrogen and oxygen atoms in total. The second kappa shape index (κ2) is 2.41. The van der Waals surface area contributed by atoms with Crippen LogP contribution in [-0.2, 0) is 0 Å². The fraction of sp³-hybridized carbons (Fsp3) is 0.333. The number of hydrogen-bond donors (Lipinski definition) is 1. The van der Waals surface area contributed by atoms with Crippen molar-refractivity contribution in [3.8, 4) is 0 Å². The third-order valence-electron chi connectivity index (χ3n) is 0.764. The number of halogens is 2. The van der Waals surface area contributed by atoms with Crippen LogP contribution in [0.25, 0.3) is 0 Å². The number of amidine groups is 1. The molecule has 0 saturated heterocycles. The highest BCUT2D eigenvalue weighted by atomic mass is 35.5. The van der Waals surface area contributed by atoms with Gasteiger partial charge < -0.3 is 0 Å². The van der Waals surface area contributed by atoms with Gasteiger partial charge in [-0.05, 0) is 11.6 Å². The van der Waals surface area contributed by atoms with Gasteiger partial charge in [0.2, 0.25) is 5.29 Å². The molecule has 0 fully saturated rings. The van der Waals surface area contributed by atoms with E-state index in [4.69, 9.17) is 23.4 Å². The summed E-state index contributed by atoms with van der Waals surface area (Å²) >= 11 is 10.6. The summed E-state index contributed by atoms with van der Waals surface area (Å²) in [5, 5.41) is 2.28. The maximum absolute atomic E-state index is 10.5. The zero-order valence-electron chi connectivity index (χ0n) is 4.27. The van der Waals surface area contributed by atoms with Gasteiger partial charge in [-0.15, -0.1) is 0 Å². The van der Waals surface area contributed by atoms with E-state index >= 15 is 0 Å². The highest BCUT2D eigenvalue weighted by Gasteiger charge is 2.15. The largest absolute Gasteiger partial charge is 0.340 e. The first kappa shape index (κ1) is 6.64. The van der Waals surface area contributed by atoms with E-state index in [0.717, 1.165) is 4.42 Å². The highest BCUT2D eigenvalue weighted by molar-refractivity contribution is 6.66. The van der Waals surface area contributed by atoms with E-state index in [-0.39, 0.29) is 12.0 Å². The Hall–Kier alpha value is -0.480. The summed E-state index contributed by atoms with van der Waals surface area (Å²) in [6, 6.07) is -0.448. The third-order valence-corrected chi connectivity index (χ3v) is 1.24. The summed E-state index contributed by atoms with van der Waals surface area (Å²) in [6.07, 6.45) is 0. The topological polar surface area (TPSA) is 44.7 Å². The fourth-order valence-corrected chi connectivity index (χ4v) is 0.607. The summed E-state index contributed by atoms with van der Waals surface area (Å²) in [5.41, 5.74) is 0. The molecular weight excluding hydrogens is 165 g/mol. The Labute approximate surface area is 61.5 Å². The second-order valence-corrected chi connectivity index (χ2v) is 2.15. The first-order valence-electron chi connectivity index (χ1n) is 2.14. The first-order valence-corrected chi connectivity index (χ1v) is 2.86. The predicted octanol–water partition coefficient (Wildman–Crippen LogP) is 0.718. The molecule has 1 aliphatic heterocycles. The van der Waals surface area contributed by atoms with E-state index in [0.29, 0.717) is 0 Å². The van der Waals surface area contributed by atoms with Crippen molar-refractivity contribution in [1.82, 2.24) is 9.74 Å². The number of urea groups is 1. The quantitative estimate of drug-likeness (QED) is 0.420. The van der Waals surface area contributed by atoms with Crippen molar-refractivity contribution in [3.63, 3.8) is 0 Å². The molecule has 1 aliphatic rings. The normalized spacial score (nSPS) is 19.1. The van der Waals surface area contributed by atoms with Crippen LogP contribution in [0.3, 0.4) is 0 Å². The Morgan fingerprint density at radius 3 is 2.89 bits per heavy atom. The van der Waals surface area contributed by atoms with Gasteiger partial charge in [-0.25, -0.2) is 14.2 Å². The van der Waals surface area contributed by atoms with Crippen molar-refractivity contribution >= 4 is 34.7 Å². The zero-order valence-corrected chi connectivity index (χ0v) is 5.78. The van der Waals surface area contributed by atoms with E-state index in [9.17, 15) is 4.79 Å². The molecule has 0 unspecified atom stereocenters. The van der Waals surface area contributed by atoms with Crippen molar-refractivity contribution in [3.05, 3.63) is 0 Å². The number of nitrogens with zero attached hydrogens (tertiary/aromatic N) is 2. The van der Waals surface area contributed by atoms with E-state index in [1.165, 1.54) is 0 Å². The van der Waals surface area contributed by atoms with Gasteiger partial charge in [0.1, 0.15) is 6.67 Å². The smallest absolute Gasteiger partial charge is 0.281 e. The van der Waals surface area contributed by atoms with E-state index in [1.54, 1.807) is 0 Å². The molecule has 9 heavy (non-hydrogen) atoms. The first-order chi connectivity index (χ1) is 4.20. The third kappa shape index (κ3) is 1.46. The van der Waals surface area contributed by atoms with Crippen LogP contribution < -0.4 is 5.32 Å². The molecule has 50 valence electrons. The minimum atomic E-state index is -0.448. The summed E-state index contributed by atoms with van der Waals surface area (Å²) in [6.45, 7) is 0.103. The van der Waals surface area contributed by atoms with Crippen LogP contribution >= 0.6 is 23.4 Å². The minimum absolute atomic E-state index is 0.0805. The molecule has 0 radical (unpaired) electrons. The predicted molar refractivity (Wildman–Crippen MR) is 34.4 cm³/mol. The number of carbonyl (C=O) groups excluding carboxylic acids is 1. The number of nitrogens with one attached hydrogen (secondary N) is 1. The molecule has 0 aromatic heterocycles. The molecule has 0 aliphatic carbocycles. The van der Waals surface area contributed by atoms with E-state index in [2.05, 4.69) is 10.3 Å². The van der Waals surface area contributed by atoms with Crippen LogP contribution in [0.15, 0.2) is 4.99 Å². The van der Waals surface area contributed by atoms with E-state index < -0.39 is 6.03 Å². The van der Waals surface area contributed by atoms with Crippen molar-refractivity contribution in [1.29, 1.82) is 0 Å². The van der Waals surface area contributed by atoms with Crippen molar-refractivity contribution in [2.24, 2.45) is 4.99 Å². The monoisotopic (exact) mass is 167 g/mol. The Morgan fingerprint density at radius 1 is 1.78 bits per heavy atom. The molecular formula is C3H3Cl2N3O. The Morgan fingerprint density at radius 2 is 2.44 bits per heavy atom. The summed E-state index contributed by atoms with van der Waals surface area (Å²) in [4.78, 5) is 14.1. The van der Waals surface area contributed by atoms with Crippen LogP contribution in [0.1, 0.15) is 0 Å². The maximum atomic E-state index is 10.5. The van der Waals surface area contributed by atoms with Gasteiger partial charge >= 0.3 is 6.03 Å². The van der Waals surface area contributed by atoms with Gasteiger partial charge in [0, 0.05) is 11.8 Å². The second-order valence-electron chi connectivity index (χ2n) is 1.38. The summed E-state index contributed by atoms with van der Waals surface area (Å²) in [7, 11) is 0. The average Bonchev–Trinajstić information content (AvgIpc) is 1.80. The Bertz CT molecular complexity index is 168. The number of aliphatic imine (C=N–C) groups is 1. The molecule has 0 bridgehead atoms. The van der Waals surface area contributed by atoms with Gasteiger partial charge in [-0.2, -0.15) is 0 Å². The van der Waals surface area contributed by atoms with Crippen LogP contribution in [0.5, 0.6) is 0 Å². The van der Waals surface area contributed by atoms with Crippen molar-refractivity contribution < 1.29 is 4.79 Å². The van der Waals surface area contributed by atoms with Crippen molar-refractivity contribution in [2.45, 2.75) is 0 Å². The highest BCUT2D eigenvalue weighted by Crippen LogP contribution is 2.01. The molecule has 0 aromatic carbocycles. The molecule has 0 aromatic rings. The summed E-state index contributed by atoms with van der Waals surface area (Å²) < 4.78 is 0.895. The maximum Gasteiger partial charge on any atom is 0.340 e. The molecule has 6 heteroatoms. The number of rotatable bonds is 0. The van der Waals surface area contributed by atoms with Gasteiger partial charge in [-0.3, -0.25) is 5.32 Å². The molecule has 0 atom stereocenters. The summed E-state index contributed by atoms with van der Waals surface area (Å²) in [5.74, 6) is 0. The van der Waals surface area contributed by atoms with Gasteiger partial charge in [0.15, 0.2) is 0 Å². The van der Waals surface area contributed by atoms with Crippen molar-refractivity contribution in [2.75, 3.05) is 6.67 Å². The van der Waals surface area contributed by atoms with Crippen LogP contribution in [-0.4, -0.2) is 22.4 Å². The van der Waals surface area contributed by atoms with Crippen LogP contribution in [0.2, 0.25) is 0 Å². The van der Waals surface area contributed by atoms with E-state index in [1.807, 2.05) is 0 Å². The van der Waals surface area contributed by atoms with Gasteiger partial charge in [0.25, 0.3) is 0 Å². The lowest BCUT2D eigenvalue weighted by Crippen LogP contribution is -2.40. The number of hydrogen-bond acceptors (Lipinski definition) is 2. The Balaban J connectivity index is 2.65. The molecule has 1 N–H and O–H groups in total. The lowest BCUT2D eigenvalue weighted by Gasteiger charge is -2.15. The molecule has 1 heterocycles. The SMILES string of the molecule is O=C1NC(Cl)=NCN1Cl. The Kier molecular flexibility index (Phi) is 1.78. The molecule has 0 spiro atoms. The van der Waals surface area contributed by atoms with Gasteiger partial charge in [-0.1, -0.05) is 0 Å². The molecule has 0 saturated carbocycles. The lowest BCUT2D eigenvalue weighted by molar-refractivity contribution is 0.228. The standard InChI is InChI=1S/C3H3Cl2N3O/c4-2-6-1-8(5)3(9)7-2/h1H2,(H,6,7,9). The van der Waals surface area contributed by atoms with Crippen LogP contribution in [0.4, 0.5) is 4.79 Å². The van der Waals surface area contributed by atoms with Gasteiger partial charge in [0.05, 0.1) is 0 Å². The average molecular weight is 168 g/mol. The molecule has 2 amide bonds. The zero-order chi connectivity index (χ0) is 6.85. The minimum Gasteiger partial charge on any atom is -0.281 e. The number of carbonyl (C=O) groups is 1. The lowest BCUT2D eigenvalue weighted by atomic mass is 10.8. The van der Waals surface area contributed by atoms with Crippen LogP contribution in [0, 0.1) is 0 Å².